The van der Waals surface area contributed by atoms with Gasteiger partial charge in [0.1, 0.15) is 5.76 Å². The Kier molecular flexibility index (Phi) is 6.57. The van der Waals surface area contributed by atoms with Gasteiger partial charge >= 0.3 is 0 Å². The van der Waals surface area contributed by atoms with Crippen molar-refractivity contribution in [3.63, 3.8) is 0 Å². The van der Waals surface area contributed by atoms with E-state index in [1.807, 2.05) is 28.8 Å². The molecule has 0 aliphatic rings. The van der Waals surface area contributed by atoms with E-state index < -0.39 is 0 Å². The summed E-state index contributed by atoms with van der Waals surface area (Å²) in [6, 6.07) is 5.80. The maximum Gasteiger partial charge on any atom is 0.213 e. The number of hydrogen-bond donors (Lipinski definition) is 2. The van der Waals surface area contributed by atoms with E-state index in [9.17, 15) is 0 Å². The van der Waals surface area contributed by atoms with Crippen molar-refractivity contribution < 1.29 is 4.42 Å². The normalized spacial score (nSPS) is 12.1. The highest BCUT2D eigenvalue weighted by molar-refractivity contribution is 14.0. The van der Waals surface area contributed by atoms with Crippen LogP contribution in [0.25, 0.3) is 5.65 Å². The molecule has 26 heavy (non-hydrogen) atoms. The Hall–Kier alpha value is -2.17. The second-order valence-corrected chi connectivity index (χ2v) is 6.69. The van der Waals surface area contributed by atoms with Crippen LogP contribution in [0.4, 0.5) is 0 Å². The minimum absolute atomic E-state index is 0. The Morgan fingerprint density at radius 1 is 1.19 bits per heavy atom. The molecule has 2 N–H and O–H groups in total. The molecule has 0 amide bonds. The number of nitrogens with zero attached hydrogens (tertiary/aromatic N) is 5. The molecular formula is C17H24IN7O. The predicted molar refractivity (Wildman–Crippen MR) is 111 cm³/mol. The molecule has 0 unspecified atom stereocenters. The average molecular weight is 469 g/mol. The zero-order chi connectivity index (χ0) is 17.9. The summed E-state index contributed by atoms with van der Waals surface area (Å²) in [5.74, 6) is 2.94. The van der Waals surface area contributed by atoms with Crippen molar-refractivity contribution in [3.05, 3.63) is 48.1 Å². The number of rotatable bonds is 4. The van der Waals surface area contributed by atoms with Crippen LogP contribution in [0.5, 0.6) is 0 Å². The van der Waals surface area contributed by atoms with Gasteiger partial charge in [0.15, 0.2) is 17.4 Å². The van der Waals surface area contributed by atoms with Gasteiger partial charge in [0.05, 0.1) is 19.3 Å². The second-order valence-electron chi connectivity index (χ2n) is 6.69. The van der Waals surface area contributed by atoms with E-state index in [1.54, 1.807) is 13.2 Å². The molecule has 3 aromatic heterocycles. The fraction of sp³-hybridized carbons (Fsp3) is 0.412. The fourth-order valence-electron chi connectivity index (χ4n) is 2.29. The summed E-state index contributed by atoms with van der Waals surface area (Å²) in [6.45, 7) is 7.23. The molecule has 0 fully saturated rings. The number of hydrogen-bond acceptors (Lipinski definition) is 5. The zero-order valence-electron chi connectivity index (χ0n) is 15.4. The summed E-state index contributed by atoms with van der Waals surface area (Å²) in [5, 5.41) is 14.7. The molecule has 140 valence electrons. The standard InChI is InChI=1S/C17H23N7O.HI/c1-17(2,3)12-9-19-15(25-12)11-21-16(18-4)20-10-14-23-22-13-7-5-6-8-24(13)14;/h5-9H,10-11H2,1-4H3,(H2,18,20,21);1H. The van der Waals surface area contributed by atoms with Gasteiger partial charge in [-0.1, -0.05) is 26.8 Å². The van der Waals surface area contributed by atoms with Crippen LogP contribution in [-0.4, -0.2) is 32.6 Å². The Bertz CT molecular complexity index is 878. The minimum Gasteiger partial charge on any atom is -0.443 e. The molecule has 0 bridgehead atoms. The van der Waals surface area contributed by atoms with Crippen molar-refractivity contribution in [1.82, 2.24) is 30.2 Å². The molecular weight excluding hydrogens is 445 g/mol. The summed E-state index contributed by atoms with van der Waals surface area (Å²) in [6.07, 6.45) is 3.71. The Morgan fingerprint density at radius 2 is 1.96 bits per heavy atom. The van der Waals surface area contributed by atoms with E-state index in [1.165, 1.54) is 0 Å². The lowest BCUT2D eigenvalue weighted by molar-refractivity contribution is 0.379. The van der Waals surface area contributed by atoms with Gasteiger partial charge in [-0.3, -0.25) is 9.39 Å². The van der Waals surface area contributed by atoms with Crippen LogP contribution < -0.4 is 10.6 Å². The van der Waals surface area contributed by atoms with Gasteiger partial charge in [0.25, 0.3) is 0 Å². The van der Waals surface area contributed by atoms with Gasteiger partial charge < -0.3 is 15.1 Å². The molecule has 0 saturated heterocycles. The maximum absolute atomic E-state index is 5.77. The van der Waals surface area contributed by atoms with Crippen molar-refractivity contribution in [3.8, 4) is 0 Å². The molecule has 0 aromatic carbocycles. The summed E-state index contributed by atoms with van der Waals surface area (Å²) >= 11 is 0. The van der Waals surface area contributed by atoms with E-state index in [4.69, 9.17) is 4.42 Å². The number of aliphatic imine (C=N–C) groups is 1. The van der Waals surface area contributed by atoms with Crippen LogP contribution in [0, 0.1) is 0 Å². The SMILES string of the molecule is CN=C(NCc1ncc(C(C)(C)C)o1)NCc1nnc2ccccn12.I. The third-order valence-electron chi connectivity index (χ3n) is 3.72. The van der Waals surface area contributed by atoms with E-state index in [2.05, 4.69) is 51.6 Å². The van der Waals surface area contributed by atoms with Crippen LogP contribution >= 0.6 is 24.0 Å². The van der Waals surface area contributed by atoms with E-state index >= 15 is 0 Å². The van der Waals surface area contributed by atoms with Crippen LogP contribution in [0.15, 0.2) is 40.0 Å². The number of pyridine rings is 1. The minimum atomic E-state index is -0.0556. The van der Waals surface area contributed by atoms with Crippen molar-refractivity contribution in [2.45, 2.75) is 39.3 Å². The number of guanidine groups is 1. The van der Waals surface area contributed by atoms with Crippen molar-refractivity contribution in [2.24, 2.45) is 4.99 Å². The van der Waals surface area contributed by atoms with Gasteiger partial charge in [-0.2, -0.15) is 0 Å². The molecule has 0 saturated carbocycles. The number of aromatic nitrogens is 4. The molecule has 0 aliphatic carbocycles. The number of nitrogens with one attached hydrogen (secondary N) is 2. The molecule has 0 radical (unpaired) electrons. The van der Waals surface area contributed by atoms with Crippen molar-refractivity contribution in [1.29, 1.82) is 0 Å². The second kappa shape index (κ2) is 8.47. The quantitative estimate of drug-likeness (QED) is 0.347. The molecule has 0 spiro atoms. The molecule has 0 atom stereocenters. The molecule has 9 heteroatoms. The summed E-state index contributed by atoms with van der Waals surface area (Å²) in [5.41, 5.74) is 0.761. The van der Waals surface area contributed by atoms with Crippen molar-refractivity contribution in [2.75, 3.05) is 7.05 Å². The zero-order valence-corrected chi connectivity index (χ0v) is 17.7. The summed E-state index contributed by atoms with van der Waals surface area (Å²) in [4.78, 5) is 8.51. The van der Waals surface area contributed by atoms with E-state index in [0.717, 1.165) is 17.2 Å². The van der Waals surface area contributed by atoms with Crippen LogP contribution in [0.1, 0.15) is 38.2 Å². The van der Waals surface area contributed by atoms with Gasteiger partial charge in [0.2, 0.25) is 5.89 Å². The largest absolute Gasteiger partial charge is 0.443 e. The van der Waals surface area contributed by atoms with Gasteiger partial charge in [0, 0.05) is 18.7 Å². The first-order valence-corrected chi connectivity index (χ1v) is 8.16. The van der Waals surface area contributed by atoms with Gasteiger partial charge in [-0.05, 0) is 12.1 Å². The molecule has 3 heterocycles. The number of halogens is 1. The van der Waals surface area contributed by atoms with Crippen molar-refractivity contribution >= 4 is 35.6 Å². The number of fused-ring (bicyclic) bond motifs is 1. The van der Waals surface area contributed by atoms with E-state index in [0.29, 0.717) is 24.9 Å². The first-order valence-electron chi connectivity index (χ1n) is 8.16. The fourth-order valence-corrected chi connectivity index (χ4v) is 2.29. The van der Waals surface area contributed by atoms with Crippen LogP contribution in [0.2, 0.25) is 0 Å². The highest BCUT2D eigenvalue weighted by Gasteiger charge is 2.19. The van der Waals surface area contributed by atoms with E-state index in [-0.39, 0.29) is 29.4 Å². The molecule has 3 rings (SSSR count). The Balaban J connectivity index is 0.00000243. The van der Waals surface area contributed by atoms with Crippen LogP contribution in [0.3, 0.4) is 0 Å². The average Bonchev–Trinajstić information content (AvgIpc) is 3.22. The molecule has 0 aliphatic heterocycles. The lowest BCUT2D eigenvalue weighted by Crippen LogP contribution is -2.36. The van der Waals surface area contributed by atoms with Crippen LogP contribution in [-0.2, 0) is 18.5 Å². The maximum atomic E-state index is 5.77. The predicted octanol–water partition coefficient (Wildman–Crippen LogP) is 2.50. The monoisotopic (exact) mass is 469 g/mol. The third-order valence-corrected chi connectivity index (χ3v) is 3.72. The first-order chi connectivity index (χ1) is 12.0. The molecule has 3 aromatic rings. The van der Waals surface area contributed by atoms with Gasteiger partial charge in [-0.25, -0.2) is 4.98 Å². The van der Waals surface area contributed by atoms with Gasteiger partial charge in [-0.15, -0.1) is 34.2 Å². The topological polar surface area (TPSA) is 92.6 Å². The lowest BCUT2D eigenvalue weighted by Gasteiger charge is -2.13. The first kappa shape index (κ1) is 20.1. The number of oxazole rings is 1. The smallest absolute Gasteiger partial charge is 0.213 e. The molecule has 8 nitrogen and oxygen atoms in total. The Labute approximate surface area is 169 Å². The summed E-state index contributed by atoms with van der Waals surface area (Å²) in [7, 11) is 1.72. The summed E-state index contributed by atoms with van der Waals surface area (Å²) < 4.78 is 7.70. The lowest BCUT2D eigenvalue weighted by atomic mass is 9.94. The highest BCUT2D eigenvalue weighted by atomic mass is 127. The Morgan fingerprint density at radius 3 is 2.65 bits per heavy atom. The third kappa shape index (κ3) is 4.71. The highest BCUT2D eigenvalue weighted by Crippen LogP contribution is 2.22.